The van der Waals surface area contributed by atoms with Gasteiger partial charge in [0.25, 0.3) is 5.91 Å². The molecule has 0 aliphatic carbocycles. The van der Waals surface area contributed by atoms with Crippen molar-refractivity contribution in [2.24, 2.45) is 5.73 Å². The number of benzene rings is 2. The number of hydrogen-bond acceptors (Lipinski definition) is 2. The summed E-state index contributed by atoms with van der Waals surface area (Å²) < 4.78 is 1.82. The Bertz CT molecular complexity index is 631. The van der Waals surface area contributed by atoms with Gasteiger partial charge in [-0.05, 0) is 51.9 Å². The highest BCUT2D eigenvalue weighted by Gasteiger charge is 2.10. The molecule has 0 saturated heterocycles. The molecule has 0 heterocycles. The van der Waals surface area contributed by atoms with Crippen molar-refractivity contribution in [2.45, 2.75) is 13.1 Å². The SMILES string of the molecule is NCc1ccccc1CNC(=O)c1cc(Br)ccc1I. The van der Waals surface area contributed by atoms with Crippen LogP contribution in [-0.4, -0.2) is 5.91 Å². The molecular weight excluding hydrogens is 431 g/mol. The van der Waals surface area contributed by atoms with E-state index in [1.54, 1.807) is 0 Å². The third-order valence-electron chi connectivity index (χ3n) is 2.95. The van der Waals surface area contributed by atoms with Crippen molar-refractivity contribution in [3.63, 3.8) is 0 Å². The zero-order chi connectivity index (χ0) is 14.5. The Hall–Kier alpha value is -0.920. The number of nitrogens with one attached hydrogen (secondary N) is 1. The normalized spacial score (nSPS) is 10.3. The Kier molecular flexibility index (Phi) is 5.56. The van der Waals surface area contributed by atoms with Gasteiger partial charge in [-0.3, -0.25) is 4.79 Å². The molecule has 0 spiro atoms. The molecule has 2 aromatic rings. The zero-order valence-corrected chi connectivity index (χ0v) is 14.4. The molecule has 0 radical (unpaired) electrons. The van der Waals surface area contributed by atoms with E-state index in [2.05, 4.69) is 43.8 Å². The molecule has 3 nitrogen and oxygen atoms in total. The first-order valence-electron chi connectivity index (χ1n) is 6.12. The summed E-state index contributed by atoms with van der Waals surface area (Å²) >= 11 is 5.54. The van der Waals surface area contributed by atoms with Gasteiger partial charge in [0.15, 0.2) is 0 Å². The lowest BCUT2D eigenvalue weighted by molar-refractivity contribution is 0.0950. The maximum absolute atomic E-state index is 12.2. The van der Waals surface area contributed by atoms with Crippen LogP contribution >= 0.6 is 38.5 Å². The van der Waals surface area contributed by atoms with E-state index in [9.17, 15) is 4.79 Å². The van der Waals surface area contributed by atoms with Gasteiger partial charge in [0, 0.05) is 21.1 Å². The van der Waals surface area contributed by atoms with Crippen LogP contribution in [0.5, 0.6) is 0 Å². The minimum atomic E-state index is -0.0810. The molecule has 0 aromatic heterocycles. The summed E-state index contributed by atoms with van der Waals surface area (Å²) in [5.74, 6) is -0.0810. The standard InChI is InChI=1S/C15H14BrIN2O/c16-12-5-6-14(17)13(7-12)15(20)19-9-11-4-2-1-3-10(11)8-18/h1-7H,8-9,18H2,(H,19,20). The molecule has 104 valence electrons. The first-order chi connectivity index (χ1) is 9.61. The molecule has 0 aliphatic heterocycles. The summed E-state index contributed by atoms with van der Waals surface area (Å²) in [6.07, 6.45) is 0. The molecule has 0 aliphatic rings. The maximum Gasteiger partial charge on any atom is 0.252 e. The molecule has 0 fully saturated rings. The number of carbonyl (C=O) groups is 1. The van der Waals surface area contributed by atoms with Crippen LogP contribution in [0.1, 0.15) is 21.5 Å². The van der Waals surface area contributed by atoms with Crippen molar-refractivity contribution in [1.29, 1.82) is 0 Å². The summed E-state index contributed by atoms with van der Waals surface area (Å²) in [6.45, 7) is 0.954. The van der Waals surface area contributed by atoms with E-state index in [4.69, 9.17) is 5.73 Å². The van der Waals surface area contributed by atoms with Crippen molar-refractivity contribution in [1.82, 2.24) is 5.32 Å². The molecule has 3 N–H and O–H groups in total. The molecular formula is C15H14BrIN2O. The van der Waals surface area contributed by atoms with Crippen molar-refractivity contribution in [3.05, 3.63) is 67.2 Å². The molecule has 5 heteroatoms. The number of carbonyl (C=O) groups excluding carboxylic acids is 1. The van der Waals surface area contributed by atoms with E-state index in [0.29, 0.717) is 18.7 Å². The summed E-state index contributed by atoms with van der Waals surface area (Å²) in [7, 11) is 0. The summed E-state index contributed by atoms with van der Waals surface area (Å²) in [4.78, 5) is 12.2. The molecule has 20 heavy (non-hydrogen) atoms. The van der Waals surface area contributed by atoms with Gasteiger partial charge in [0.2, 0.25) is 0 Å². The largest absolute Gasteiger partial charge is 0.348 e. The topological polar surface area (TPSA) is 55.1 Å². The predicted octanol–water partition coefficient (Wildman–Crippen LogP) is 3.44. The number of nitrogens with two attached hydrogens (primary N) is 1. The third kappa shape index (κ3) is 3.80. The van der Waals surface area contributed by atoms with Crippen molar-refractivity contribution in [3.8, 4) is 0 Å². The highest BCUT2D eigenvalue weighted by molar-refractivity contribution is 14.1. The van der Waals surface area contributed by atoms with E-state index in [0.717, 1.165) is 19.2 Å². The van der Waals surface area contributed by atoms with Crippen LogP contribution in [0.15, 0.2) is 46.9 Å². The Morgan fingerprint density at radius 3 is 2.60 bits per heavy atom. The number of halogens is 2. The zero-order valence-electron chi connectivity index (χ0n) is 10.7. The van der Waals surface area contributed by atoms with E-state index in [-0.39, 0.29) is 5.91 Å². The van der Waals surface area contributed by atoms with Crippen LogP contribution in [0.25, 0.3) is 0 Å². The van der Waals surface area contributed by atoms with Gasteiger partial charge >= 0.3 is 0 Å². The molecule has 0 atom stereocenters. The van der Waals surface area contributed by atoms with Gasteiger partial charge in [-0.25, -0.2) is 0 Å². The van der Waals surface area contributed by atoms with E-state index >= 15 is 0 Å². The fourth-order valence-corrected chi connectivity index (χ4v) is 2.81. The van der Waals surface area contributed by atoms with Crippen LogP contribution < -0.4 is 11.1 Å². The summed E-state index contributed by atoms with van der Waals surface area (Å²) in [5, 5.41) is 2.94. The van der Waals surface area contributed by atoms with E-state index in [1.165, 1.54) is 0 Å². The second-order valence-corrected chi connectivity index (χ2v) is 6.36. The molecule has 2 aromatic carbocycles. The van der Waals surface area contributed by atoms with E-state index in [1.807, 2.05) is 42.5 Å². The van der Waals surface area contributed by atoms with Gasteiger partial charge in [-0.15, -0.1) is 0 Å². The quantitative estimate of drug-likeness (QED) is 0.709. The highest BCUT2D eigenvalue weighted by atomic mass is 127. The predicted molar refractivity (Wildman–Crippen MR) is 92.4 cm³/mol. The van der Waals surface area contributed by atoms with Gasteiger partial charge in [-0.2, -0.15) is 0 Å². The lowest BCUT2D eigenvalue weighted by atomic mass is 10.1. The van der Waals surface area contributed by atoms with Gasteiger partial charge in [0.1, 0.15) is 0 Å². The molecule has 0 unspecified atom stereocenters. The van der Waals surface area contributed by atoms with Crippen LogP contribution in [0.3, 0.4) is 0 Å². The van der Waals surface area contributed by atoms with Crippen molar-refractivity contribution in [2.75, 3.05) is 0 Å². The lowest BCUT2D eigenvalue weighted by Gasteiger charge is -2.10. The van der Waals surface area contributed by atoms with Crippen molar-refractivity contribution >= 4 is 44.4 Å². The summed E-state index contributed by atoms with van der Waals surface area (Å²) in [5.41, 5.74) is 8.47. The molecule has 2 rings (SSSR count). The van der Waals surface area contributed by atoms with E-state index < -0.39 is 0 Å². The Balaban J connectivity index is 2.11. The average molecular weight is 445 g/mol. The lowest BCUT2D eigenvalue weighted by Crippen LogP contribution is -2.24. The molecule has 0 saturated carbocycles. The van der Waals surface area contributed by atoms with Crippen LogP contribution in [0, 0.1) is 3.57 Å². The monoisotopic (exact) mass is 444 g/mol. The fraction of sp³-hybridized carbons (Fsp3) is 0.133. The fourth-order valence-electron chi connectivity index (χ4n) is 1.87. The van der Waals surface area contributed by atoms with Crippen LogP contribution in [-0.2, 0) is 13.1 Å². The second kappa shape index (κ2) is 7.19. The number of hydrogen-bond donors (Lipinski definition) is 2. The molecule has 1 amide bonds. The van der Waals surface area contributed by atoms with Crippen LogP contribution in [0.4, 0.5) is 0 Å². The Morgan fingerprint density at radius 1 is 1.20 bits per heavy atom. The third-order valence-corrected chi connectivity index (χ3v) is 4.38. The second-order valence-electron chi connectivity index (χ2n) is 4.28. The summed E-state index contributed by atoms with van der Waals surface area (Å²) in [6, 6.07) is 13.5. The van der Waals surface area contributed by atoms with Gasteiger partial charge in [0.05, 0.1) is 5.56 Å². The molecule has 0 bridgehead atoms. The highest BCUT2D eigenvalue weighted by Crippen LogP contribution is 2.18. The Labute approximate surface area is 140 Å². The number of amides is 1. The smallest absolute Gasteiger partial charge is 0.252 e. The van der Waals surface area contributed by atoms with Gasteiger partial charge in [-0.1, -0.05) is 40.2 Å². The first kappa shape index (κ1) is 15.5. The Morgan fingerprint density at radius 2 is 1.90 bits per heavy atom. The minimum absolute atomic E-state index is 0.0810. The minimum Gasteiger partial charge on any atom is -0.348 e. The van der Waals surface area contributed by atoms with Gasteiger partial charge < -0.3 is 11.1 Å². The maximum atomic E-state index is 12.2. The van der Waals surface area contributed by atoms with Crippen LogP contribution in [0.2, 0.25) is 0 Å². The first-order valence-corrected chi connectivity index (χ1v) is 7.99. The average Bonchev–Trinajstić information content (AvgIpc) is 2.47. The van der Waals surface area contributed by atoms with Crippen molar-refractivity contribution < 1.29 is 4.79 Å². The number of rotatable bonds is 4.